The summed E-state index contributed by atoms with van der Waals surface area (Å²) in [5, 5.41) is 0. The van der Waals surface area contributed by atoms with Crippen LogP contribution in [0.3, 0.4) is 0 Å². The highest BCUT2D eigenvalue weighted by Gasteiger charge is 2.12. The smallest absolute Gasteiger partial charge is 0.151 e. The number of hydrogen-bond acceptors (Lipinski definition) is 3. The van der Waals surface area contributed by atoms with E-state index in [2.05, 4.69) is 0 Å². The lowest BCUT2D eigenvalue weighted by atomic mass is 9.95. The molecule has 0 saturated carbocycles. The van der Waals surface area contributed by atoms with E-state index in [0.717, 1.165) is 0 Å². The van der Waals surface area contributed by atoms with E-state index in [1.807, 2.05) is 0 Å². The first-order chi connectivity index (χ1) is 6.65. The zero-order valence-electron chi connectivity index (χ0n) is 8.03. The van der Waals surface area contributed by atoms with Crippen LogP contribution in [0, 0.1) is 13.8 Å². The topological polar surface area (TPSA) is 51.2 Å². The number of aldehydes is 3. The van der Waals surface area contributed by atoms with E-state index in [1.54, 1.807) is 19.9 Å². The molecular formula is C11H10O3. The van der Waals surface area contributed by atoms with Crippen molar-refractivity contribution in [2.24, 2.45) is 0 Å². The summed E-state index contributed by atoms with van der Waals surface area (Å²) in [6.07, 6.45) is 1.75. The minimum Gasteiger partial charge on any atom is -0.298 e. The van der Waals surface area contributed by atoms with Gasteiger partial charge >= 0.3 is 0 Å². The fourth-order valence-electron chi connectivity index (χ4n) is 1.49. The van der Waals surface area contributed by atoms with E-state index in [-0.39, 0.29) is 5.56 Å². The van der Waals surface area contributed by atoms with Gasteiger partial charge in [-0.2, -0.15) is 0 Å². The number of benzene rings is 1. The molecule has 0 saturated heterocycles. The highest BCUT2D eigenvalue weighted by atomic mass is 16.1. The van der Waals surface area contributed by atoms with Crippen molar-refractivity contribution >= 4 is 18.9 Å². The molecule has 0 heterocycles. The summed E-state index contributed by atoms with van der Waals surface area (Å²) < 4.78 is 0. The van der Waals surface area contributed by atoms with Crippen molar-refractivity contribution in [2.45, 2.75) is 13.8 Å². The third kappa shape index (κ3) is 1.48. The van der Waals surface area contributed by atoms with Crippen molar-refractivity contribution in [3.8, 4) is 0 Å². The van der Waals surface area contributed by atoms with Crippen LogP contribution in [0.15, 0.2) is 6.07 Å². The summed E-state index contributed by atoms with van der Waals surface area (Å²) in [6, 6.07) is 1.72. The van der Waals surface area contributed by atoms with Crippen LogP contribution < -0.4 is 0 Å². The molecule has 0 aliphatic heterocycles. The average molecular weight is 190 g/mol. The molecule has 1 rings (SSSR count). The summed E-state index contributed by atoms with van der Waals surface area (Å²) >= 11 is 0. The van der Waals surface area contributed by atoms with Gasteiger partial charge in [0.15, 0.2) is 18.9 Å². The van der Waals surface area contributed by atoms with E-state index in [1.165, 1.54) is 0 Å². The van der Waals surface area contributed by atoms with E-state index < -0.39 is 0 Å². The maximum Gasteiger partial charge on any atom is 0.151 e. The van der Waals surface area contributed by atoms with Gasteiger partial charge in [0.05, 0.1) is 0 Å². The lowest BCUT2D eigenvalue weighted by molar-refractivity contribution is 0.108. The van der Waals surface area contributed by atoms with Gasteiger partial charge in [-0.3, -0.25) is 14.4 Å². The number of aryl methyl sites for hydroxylation is 2. The van der Waals surface area contributed by atoms with Crippen molar-refractivity contribution < 1.29 is 14.4 Å². The Morgan fingerprint density at radius 3 is 1.43 bits per heavy atom. The van der Waals surface area contributed by atoms with Gasteiger partial charge in [-0.1, -0.05) is 6.07 Å². The molecule has 0 atom stereocenters. The summed E-state index contributed by atoms with van der Waals surface area (Å²) in [4.78, 5) is 32.2. The standard InChI is InChI=1S/C11H10O3/c1-7-3-8(2)10(5-13)11(6-14)9(7)4-12/h3-6H,1-2H3. The summed E-state index contributed by atoms with van der Waals surface area (Å²) in [5.41, 5.74) is 2.21. The Labute approximate surface area is 81.7 Å². The third-order valence-corrected chi connectivity index (χ3v) is 2.22. The molecule has 0 aliphatic carbocycles. The molecule has 0 bridgehead atoms. The Morgan fingerprint density at radius 1 is 0.786 bits per heavy atom. The fourth-order valence-corrected chi connectivity index (χ4v) is 1.49. The lowest BCUT2D eigenvalue weighted by Gasteiger charge is -2.07. The minimum atomic E-state index is 0.188. The van der Waals surface area contributed by atoms with Gasteiger partial charge in [0.1, 0.15) is 0 Å². The second kappa shape index (κ2) is 3.96. The maximum atomic E-state index is 10.8. The summed E-state index contributed by atoms with van der Waals surface area (Å²) in [6.45, 7) is 3.47. The van der Waals surface area contributed by atoms with Crippen LogP contribution in [-0.2, 0) is 0 Å². The molecule has 0 N–H and O–H groups in total. The molecule has 1 aromatic carbocycles. The quantitative estimate of drug-likeness (QED) is 0.682. The summed E-state index contributed by atoms with van der Waals surface area (Å²) in [7, 11) is 0. The highest BCUT2D eigenvalue weighted by molar-refractivity contribution is 6.00. The van der Waals surface area contributed by atoms with Crippen molar-refractivity contribution in [1.29, 1.82) is 0 Å². The first-order valence-electron chi connectivity index (χ1n) is 4.15. The van der Waals surface area contributed by atoms with Crippen LogP contribution in [0.1, 0.15) is 42.2 Å². The SMILES string of the molecule is Cc1cc(C)c(C=O)c(C=O)c1C=O. The Morgan fingerprint density at radius 2 is 1.14 bits per heavy atom. The van der Waals surface area contributed by atoms with Gasteiger partial charge in [-0.25, -0.2) is 0 Å². The summed E-state index contributed by atoms with van der Waals surface area (Å²) in [5.74, 6) is 0. The zero-order chi connectivity index (χ0) is 10.7. The Hall–Kier alpha value is -1.77. The molecule has 0 unspecified atom stereocenters. The number of carbonyl (C=O) groups is 3. The maximum absolute atomic E-state index is 10.8. The van der Waals surface area contributed by atoms with Crippen LogP contribution in [0.5, 0.6) is 0 Å². The largest absolute Gasteiger partial charge is 0.298 e. The zero-order valence-corrected chi connectivity index (χ0v) is 8.03. The van der Waals surface area contributed by atoms with Gasteiger partial charge in [-0.05, 0) is 25.0 Å². The van der Waals surface area contributed by atoms with Crippen LogP contribution in [-0.4, -0.2) is 18.9 Å². The van der Waals surface area contributed by atoms with Gasteiger partial charge in [0, 0.05) is 16.7 Å². The molecule has 72 valence electrons. The van der Waals surface area contributed by atoms with Gasteiger partial charge in [-0.15, -0.1) is 0 Å². The lowest BCUT2D eigenvalue weighted by Crippen LogP contribution is -2.03. The van der Waals surface area contributed by atoms with Crippen molar-refractivity contribution in [2.75, 3.05) is 0 Å². The molecule has 1 aromatic rings. The molecule has 0 radical (unpaired) electrons. The number of rotatable bonds is 3. The van der Waals surface area contributed by atoms with E-state index in [9.17, 15) is 14.4 Å². The second-order valence-corrected chi connectivity index (χ2v) is 3.10. The molecule has 0 fully saturated rings. The normalized spacial score (nSPS) is 9.57. The highest BCUT2D eigenvalue weighted by Crippen LogP contribution is 2.18. The molecule has 14 heavy (non-hydrogen) atoms. The molecular weight excluding hydrogens is 180 g/mol. The van der Waals surface area contributed by atoms with Crippen molar-refractivity contribution in [1.82, 2.24) is 0 Å². The van der Waals surface area contributed by atoms with Gasteiger partial charge in [0.2, 0.25) is 0 Å². The molecule has 3 nitrogen and oxygen atoms in total. The Kier molecular flexibility index (Phi) is 2.92. The van der Waals surface area contributed by atoms with E-state index in [0.29, 0.717) is 41.1 Å². The molecule has 3 heteroatoms. The van der Waals surface area contributed by atoms with Crippen LogP contribution in [0.25, 0.3) is 0 Å². The van der Waals surface area contributed by atoms with E-state index >= 15 is 0 Å². The molecule has 0 aliphatic rings. The minimum absolute atomic E-state index is 0.188. The third-order valence-electron chi connectivity index (χ3n) is 2.22. The van der Waals surface area contributed by atoms with Crippen molar-refractivity contribution in [3.05, 3.63) is 33.9 Å². The predicted octanol–water partition coefficient (Wildman–Crippen LogP) is 1.74. The molecule has 0 spiro atoms. The molecule has 0 aromatic heterocycles. The second-order valence-electron chi connectivity index (χ2n) is 3.10. The van der Waals surface area contributed by atoms with Crippen LogP contribution in [0.2, 0.25) is 0 Å². The average Bonchev–Trinajstić information content (AvgIpc) is 2.16. The predicted molar refractivity (Wildman–Crippen MR) is 52.1 cm³/mol. The monoisotopic (exact) mass is 190 g/mol. The van der Waals surface area contributed by atoms with Crippen molar-refractivity contribution in [3.63, 3.8) is 0 Å². The van der Waals surface area contributed by atoms with Crippen LogP contribution >= 0.6 is 0 Å². The van der Waals surface area contributed by atoms with Gasteiger partial charge < -0.3 is 0 Å². The fraction of sp³-hybridized carbons (Fsp3) is 0.182. The Balaban J connectivity index is 3.67. The number of carbonyl (C=O) groups excluding carboxylic acids is 3. The van der Waals surface area contributed by atoms with E-state index in [4.69, 9.17) is 0 Å². The molecule has 0 amide bonds. The van der Waals surface area contributed by atoms with Gasteiger partial charge in [0.25, 0.3) is 0 Å². The first-order valence-corrected chi connectivity index (χ1v) is 4.15. The number of hydrogen-bond donors (Lipinski definition) is 0. The first kappa shape index (κ1) is 10.3. The Bertz CT molecular complexity index is 373. The van der Waals surface area contributed by atoms with Crippen LogP contribution in [0.4, 0.5) is 0 Å².